The van der Waals surface area contributed by atoms with Crippen LogP contribution in [0.25, 0.3) is 11.2 Å². The molecule has 3 unspecified atom stereocenters. The SMILES string of the molecule is COc1nc(N)nc2c1ncn2C1O[C@H](COP(=O)(OC)OP(=O)(OC)OP(=O)(OC)OC)[C@@H](F)[C@@]1(C)O. The van der Waals surface area contributed by atoms with Crippen molar-refractivity contribution in [3.8, 4) is 5.88 Å². The number of imidazole rings is 1. The molecule has 0 bridgehead atoms. The van der Waals surface area contributed by atoms with E-state index in [0.29, 0.717) is 0 Å². The van der Waals surface area contributed by atoms with E-state index in [1.54, 1.807) is 0 Å². The number of nitrogens with two attached hydrogens (primary N) is 1. The predicted octanol–water partition coefficient (Wildman–Crippen LogP) is 2.36. The molecule has 216 valence electrons. The summed E-state index contributed by atoms with van der Waals surface area (Å²) >= 11 is 0. The van der Waals surface area contributed by atoms with Gasteiger partial charge in [0, 0.05) is 28.4 Å². The van der Waals surface area contributed by atoms with Crippen LogP contribution in [-0.2, 0) is 49.7 Å². The van der Waals surface area contributed by atoms with Crippen molar-refractivity contribution in [3.63, 3.8) is 0 Å². The van der Waals surface area contributed by atoms with Gasteiger partial charge in [0.2, 0.25) is 11.8 Å². The van der Waals surface area contributed by atoms with Crippen LogP contribution < -0.4 is 10.5 Å². The lowest BCUT2D eigenvalue weighted by atomic mass is 9.98. The summed E-state index contributed by atoms with van der Waals surface area (Å²) in [5.41, 5.74) is 3.74. The van der Waals surface area contributed by atoms with Gasteiger partial charge in [0.15, 0.2) is 23.6 Å². The van der Waals surface area contributed by atoms with Crippen molar-refractivity contribution >= 4 is 40.6 Å². The third-order valence-electron chi connectivity index (χ3n) is 5.23. The van der Waals surface area contributed by atoms with Gasteiger partial charge in [0.25, 0.3) is 0 Å². The Hall–Kier alpha value is -1.59. The maximum absolute atomic E-state index is 15.3. The van der Waals surface area contributed by atoms with Crippen molar-refractivity contribution in [2.24, 2.45) is 0 Å². The van der Waals surface area contributed by atoms with Crippen LogP contribution >= 0.6 is 23.5 Å². The molecular formula is C16H27FN5O13P3. The van der Waals surface area contributed by atoms with Gasteiger partial charge in [0.05, 0.1) is 20.0 Å². The van der Waals surface area contributed by atoms with Crippen molar-refractivity contribution in [1.29, 1.82) is 0 Å². The highest BCUT2D eigenvalue weighted by molar-refractivity contribution is 7.67. The van der Waals surface area contributed by atoms with Crippen LogP contribution in [0.4, 0.5) is 10.3 Å². The third-order valence-corrected chi connectivity index (χ3v) is 10.7. The topological polar surface area (TPSA) is 224 Å². The lowest BCUT2D eigenvalue weighted by molar-refractivity contribution is -0.0889. The van der Waals surface area contributed by atoms with Crippen LogP contribution in [0.5, 0.6) is 5.88 Å². The molecule has 0 radical (unpaired) electrons. The monoisotopic (exact) mass is 609 g/mol. The average molecular weight is 609 g/mol. The molecule has 1 saturated heterocycles. The summed E-state index contributed by atoms with van der Waals surface area (Å²) < 4.78 is 97.8. The van der Waals surface area contributed by atoms with Crippen LogP contribution in [-0.4, -0.2) is 84.7 Å². The summed E-state index contributed by atoms with van der Waals surface area (Å²) in [4.78, 5) is 12.1. The van der Waals surface area contributed by atoms with Crippen LogP contribution in [0.15, 0.2) is 6.33 Å². The first-order chi connectivity index (χ1) is 17.7. The van der Waals surface area contributed by atoms with Crippen molar-refractivity contribution in [2.45, 2.75) is 31.0 Å². The number of nitrogens with zero attached hydrogens (tertiary/aromatic N) is 4. The normalized spacial score (nSPS) is 27.3. The van der Waals surface area contributed by atoms with E-state index >= 15 is 4.39 Å². The molecule has 0 spiro atoms. The number of phosphoric acid groups is 3. The zero-order chi connectivity index (χ0) is 28.5. The molecule has 18 nitrogen and oxygen atoms in total. The van der Waals surface area contributed by atoms with Crippen molar-refractivity contribution < 1.29 is 63.9 Å². The largest absolute Gasteiger partial charge is 0.492 e. The number of hydrogen-bond donors (Lipinski definition) is 2. The van der Waals surface area contributed by atoms with Crippen LogP contribution in [0.1, 0.15) is 13.2 Å². The second-order valence-electron chi connectivity index (χ2n) is 7.60. The summed E-state index contributed by atoms with van der Waals surface area (Å²) in [5.74, 6) is -0.144. The lowest BCUT2D eigenvalue weighted by Crippen LogP contribution is -2.41. The number of rotatable bonds is 13. The molecule has 0 saturated carbocycles. The molecule has 1 fully saturated rings. The zero-order valence-electron chi connectivity index (χ0n) is 20.9. The fraction of sp³-hybridized carbons (Fsp3) is 0.688. The average Bonchev–Trinajstić information content (AvgIpc) is 3.39. The Bertz CT molecular complexity index is 1290. The van der Waals surface area contributed by atoms with E-state index in [9.17, 15) is 18.8 Å². The summed E-state index contributed by atoms with van der Waals surface area (Å²) in [5, 5.41) is 10.9. The molecule has 3 heterocycles. The number of aromatic nitrogens is 4. The minimum atomic E-state index is -4.95. The summed E-state index contributed by atoms with van der Waals surface area (Å²) in [6, 6.07) is 0. The highest BCUT2D eigenvalue weighted by atomic mass is 31.3. The molecule has 3 rings (SSSR count). The van der Waals surface area contributed by atoms with Gasteiger partial charge in [-0.15, -0.1) is 0 Å². The smallest absolute Gasteiger partial charge is 0.479 e. The Balaban J connectivity index is 1.81. The van der Waals surface area contributed by atoms with E-state index in [2.05, 4.69) is 37.4 Å². The molecule has 22 heteroatoms. The summed E-state index contributed by atoms with van der Waals surface area (Å²) in [7, 11) is -9.41. The number of phosphoric ester groups is 2. The predicted molar refractivity (Wildman–Crippen MR) is 125 cm³/mol. The second kappa shape index (κ2) is 11.5. The Morgan fingerprint density at radius 1 is 1.05 bits per heavy atom. The zero-order valence-corrected chi connectivity index (χ0v) is 23.6. The molecule has 6 atom stereocenters. The fourth-order valence-electron chi connectivity index (χ4n) is 3.32. The molecule has 0 amide bonds. The quantitative estimate of drug-likeness (QED) is 0.311. The minimum absolute atomic E-state index is 0.0371. The van der Waals surface area contributed by atoms with Crippen LogP contribution in [0.3, 0.4) is 0 Å². The maximum atomic E-state index is 15.3. The number of methoxy groups -OCH3 is 1. The molecule has 38 heavy (non-hydrogen) atoms. The van der Waals surface area contributed by atoms with Gasteiger partial charge in [-0.2, -0.15) is 18.6 Å². The number of fused-ring (bicyclic) bond motifs is 1. The van der Waals surface area contributed by atoms with E-state index in [1.807, 2.05) is 0 Å². The number of aliphatic hydroxyl groups is 1. The Kier molecular flexibility index (Phi) is 9.36. The number of alkyl halides is 1. The number of halogens is 1. The highest BCUT2D eigenvalue weighted by Crippen LogP contribution is 2.72. The second-order valence-corrected chi connectivity index (χ2v) is 13.3. The summed E-state index contributed by atoms with van der Waals surface area (Å²) in [6.07, 6.45) is -3.94. The maximum Gasteiger partial charge on any atom is 0.492 e. The van der Waals surface area contributed by atoms with E-state index in [-0.39, 0.29) is 23.0 Å². The minimum Gasteiger partial charge on any atom is -0.479 e. The molecule has 1 aliphatic heterocycles. The first-order valence-corrected chi connectivity index (χ1v) is 14.7. The number of anilines is 1. The molecular weight excluding hydrogens is 582 g/mol. The van der Waals surface area contributed by atoms with Gasteiger partial charge in [-0.05, 0) is 6.92 Å². The number of hydrogen-bond acceptors (Lipinski definition) is 17. The van der Waals surface area contributed by atoms with Gasteiger partial charge in [0.1, 0.15) is 11.7 Å². The fourth-order valence-corrected chi connectivity index (χ4v) is 7.77. The third kappa shape index (κ3) is 6.09. The first-order valence-electron chi connectivity index (χ1n) is 10.4. The van der Waals surface area contributed by atoms with Gasteiger partial charge in [-0.1, -0.05) is 0 Å². The lowest BCUT2D eigenvalue weighted by Gasteiger charge is -2.26. The van der Waals surface area contributed by atoms with E-state index in [1.165, 1.54) is 18.0 Å². The summed E-state index contributed by atoms with van der Waals surface area (Å²) in [6.45, 7) is 0.282. The first kappa shape index (κ1) is 30.9. The molecule has 2 aromatic heterocycles. The van der Waals surface area contributed by atoms with Crippen molar-refractivity contribution in [1.82, 2.24) is 19.5 Å². The number of nitrogen functional groups attached to an aromatic ring is 1. The Morgan fingerprint density at radius 2 is 1.63 bits per heavy atom. The van der Waals surface area contributed by atoms with Crippen LogP contribution in [0, 0.1) is 0 Å². The number of ether oxygens (including phenoxy) is 2. The molecule has 0 aromatic carbocycles. The van der Waals surface area contributed by atoms with Gasteiger partial charge >= 0.3 is 23.5 Å². The van der Waals surface area contributed by atoms with Crippen molar-refractivity contribution in [2.75, 3.05) is 47.9 Å². The Labute approximate surface area is 215 Å². The van der Waals surface area contributed by atoms with Gasteiger partial charge < -0.3 is 20.3 Å². The van der Waals surface area contributed by atoms with E-state index in [4.69, 9.17) is 24.0 Å². The highest BCUT2D eigenvalue weighted by Gasteiger charge is 2.56. The van der Waals surface area contributed by atoms with E-state index in [0.717, 1.165) is 35.4 Å². The standard InChI is InChI=1S/C16H27FN5O13P3/c1-16(23)11(17)9(33-14(16)22-8-19-10-12(22)20-15(18)21-13(10)27-2)7-32-37(25,30-5)35-38(26,31-6)34-36(24,28-3)29-4/h8-9,11,14,23H,7H2,1-6H3,(H2,18,20,21)/t9-,11-,14?,16-,37?,38?/m1/s1. The molecule has 0 aliphatic carbocycles. The Morgan fingerprint density at radius 3 is 2.18 bits per heavy atom. The van der Waals surface area contributed by atoms with E-state index < -0.39 is 54.2 Å². The van der Waals surface area contributed by atoms with Crippen LogP contribution in [0.2, 0.25) is 0 Å². The van der Waals surface area contributed by atoms with Gasteiger partial charge in [-0.3, -0.25) is 27.2 Å². The van der Waals surface area contributed by atoms with Crippen molar-refractivity contribution in [3.05, 3.63) is 6.33 Å². The van der Waals surface area contributed by atoms with Gasteiger partial charge in [-0.25, -0.2) is 23.1 Å². The molecule has 2 aromatic rings. The molecule has 3 N–H and O–H groups in total. The molecule has 1 aliphatic rings.